The molecule has 0 saturated heterocycles. The van der Waals surface area contributed by atoms with Gasteiger partial charge in [-0.1, -0.05) is 60.7 Å². The van der Waals surface area contributed by atoms with Crippen LogP contribution in [0.3, 0.4) is 0 Å². The summed E-state index contributed by atoms with van der Waals surface area (Å²) in [5.74, 6) is -0.314. The topological polar surface area (TPSA) is 61.4 Å². The van der Waals surface area contributed by atoms with Crippen LogP contribution in [-0.2, 0) is 11.3 Å². The number of benzene rings is 3. The van der Waals surface area contributed by atoms with Crippen LogP contribution in [0, 0.1) is 0 Å². The van der Waals surface area contributed by atoms with Gasteiger partial charge in [0.15, 0.2) is 0 Å². The molecule has 0 aliphatic heterocycles. The minimum absolute atomic E-state index is 0.117. The fourth-order valence-electron chi connectivity index (χ4n) is 3.14. The Labute approximate surface area is 177 Å². The Morgan fingerprint density at radius 1 is 0.833 bits per heavy atom. The maximum absolute atomic E-state index is 12.6. The van der Waals surface area contributed by atoms with Crippen LogP contribution < -0.4 is 15.5 Å². The molecular weight excluding hydrogens is 374 g/mol. The van der Waals surface area contributed by atoms with Crippen molar-refractivity contribution in [3.8, 4) is 0 Å². The summed E-state index contributed by atoms with van der Waals surface area (Å²) in [6, 6.07) is 26.2. The van der Waals surface area contributed by atoms with Gasteiger partial charge in [0.1, 0.15) is 0 Å². The SMILES string of the molecule is CN(C)c1ccc(CNC(=O)C[C@H](NC(=O)c2ccccc2)c2ccccc2)cc1. The molecule has 0 aliphatic rings. The van der Waals surface area contributed by atoms with Gasteiger partial charge in [0.2, 0.25) is 5.91 Å². The Morgan fingerprint density at radius 3 is 2.03 bits per heavy atom. The molecule has 30 heavy (non-hydrogen) atoms. The summed E-state index contributed by atoms with van der Waals surface area (Å²) in [5, 5.41) is 5.95. The van der Waals surface area contributed by atoms with Crippen LogP contribution in [-0.4, -0.2) is 25.9 Å². The van der Waals surface area contributed by atoms with Gasteiger partial charge in [-0.2, -0.15) is 0 Å². The standard InChI is InChI=1S/C25H27N3O2/c1-28(2)22-15-13-19(14-16-22)18-26-24(29)17-23(20-9-5-3-6-10-20)27-25(30)21-11-7-4-8-12-21/h3-16,23H,17-18H2,1-2H3,(H,26,29)(H,27,30)/t23-/m0/s1. The average Bonchev–Trinajstić information content (AvgIpc) is 2.78. The predicted molar refractivity (Wildman–Crippen MR) is 120 cm³/mol. The molecule has 5 nitrogen and oxygen atoms in total. The largest absolute Gasteiger partial charge is 0.378 e. The first kappa shape index (κ1) is 21.1. The summed E-state index contributed by atoms with van der Waals surface area (Å²) in [6.07, 6.45) is 0.165. The third-order valence-electron chi connectivity index (χ3n) is 4.88. The van der Waals surface area contributed by atoms with Crippen LogP contribution in [0.2, 0.25) is 0 Å². The molecule has 0 bridgehead atoms. The molecule has 2 amide bonds. The van der Waals surface area contributed by atoms with E-state index >= 15 is 0 Å². The first-order valence-electron chi connectivity index (χ1n) is 9.97. The van der Waals surface area contributed by atoms with Gasteiger partial charge < -0.3 is 15.5 Å². The highest BCUT2D eigenvalue weighted by Crippen LogP contribution is 2.18. The number of hydrogen-bond acceptors (Lipinski definition) is 3. The van der Waals surface area contributed by atoms with E-state index in [4.69, 9.17) is 0 Å². The Hall–Kier alpha value is -3.60. The lowest BCUT2D eigenvalue weighted by atomic mass is 10.0. The lowest BCUT2D eigenvalue weighted by molar-refractivity contribution is -0.121. The fourth-order valence-corrected chi connectivity index (χ4v) is 3.14. The number of hydrogen-bond donors (Lipinski definition) is 2. The van der Waals surface area contributed by atoms with Gasteiger partial charge >= 0.3 is 0 Å². The van der Waals surface area contributed by atoms with Crippen LogP contribution in [0.5, 0.6) is 0 Å². The van der Waals surface area contributed by atoms with E-state index < -0.39 is 6.04 Å². The number of rotatable bonds is 8. The Kier molecular flexibility index (Phi) is 7.22. The van der Waals surface area contributed by atoms with Crippen LogP contribution >= 0.6 is 0 Å². The molecule has 0 fully saturated rings. The normalized spacial score (nSPS) is 11.4. The summed E-state index contributed by atoms with van der Waals surface area (Å²) in [7, 11) is 3.98. The number of nitrogens with zero attached hydrogens (tertiary/aromatic N) is 1. The molecule has 3 rings (SSSR count). The van der Waals surface area contributed by atoms with E-state index in [0.717, 1.165) is 16.8 Å². The molecule has 0 saturated carbocycles. The van der Waals surface area contributed by atoms with E-state index in [0.29, 0.717) is 12.1 Å². The molecule has 3 aromatic carbocycles. The van der Waals surface area contributed by atoms with Crippen molar-refractivity contribution in [2.75, 3.05) is 19.0 Å². The van der Waals surface area contributed by atoms with Crippen molar-refractivity contribution >= 4 is 17.5 Å². The Morgan fingerprint density at radius 2 is 1.43 bits per heavy atom. The molecule has 1 atom stereocenters. The summed E-state index contributed by atoms with van der Waals surface area (Å²) in [5.41, 5.74) is 3.60. The summed E-state index contributed by atoms with van der Waals surface area (Å²) in [4.78, 5) is 27.3. The quantitative estimate of drug-likeness (QED) is 0.601. The maximum atomic E-state index is 12.6. The zero-order chi connectivity index (χ0) is 21.3. The van der Waals surface area contributed by atoms with Crippen LogP contribution in [0.4, 0.5) is 5.69 Å². The fraction of sp³-hybridized carbons (Fsp3) is 0.200. The van der Waals surface area contributed by atoms with Crippen molar-refractivity contribution in [1.29, 1.82) is 0 Å². The average molecular weight is 402 g/mol. The van der Waals surface area contributed by atoms with Gasteiger partial charge in [-0.15, -0.1) is 0 Å². The first-order valence-corrected chi connectivity index (χ1v) is 9.97. The van der Waals surface area contributed by atoms with Gasteiger partial charge in [-0.3, -0.25) is 9.59 Å². The second kappa shape index (κ2) is 10.3. The molecule has 0 aromatic heterocycles. The lowest BCUT2D eigenvalue weighted by Crippen LogP contribution is -2.33. The molecule has 3 aromatic rings. The summed E-state index contributed by atoms with van der Waals surface area (Å²) >= 11 is 0. The zero-order valence-electron chi connectivity index (χ0n) is 17.3. The van der Waals surface area contributed by atoms with Crippen LogP contribution in [0.1, 0.15) is 33.9 Å². The Bertz CT molecular complexity index is 955. The lowest BCUT2D eigenvalue weighted by Gasteiger charge is -2.19. The van der Waals surface area contributed by atoms with Crippen molar-refractivity contribution in [2.24, 2.45) is 0 Å². The number of amides is 2. The third kappa shape index (κ3) is 5.95. The van der Waals surface area contributed by atoms with Gasteiger partial charge in [0.05, 0.1) is 12.5 Å². The van der Waals surface area contributed by atoms with E-state index in [1.165, 1.54) is 0 Å². The molecule has 0 spiro atoms. The number of anilines is 1. The van der Waals surface area contributed by atoms with Crippen LogP contribution in [0.15, 0.2) is 84.9 Å². The minimum atomic E-state index is -0.407. The number of carbonyl (C=O) groups excluding carboxylic acids is 2. The van der Waals surface area contributed by atoms with E-state index in [9.17, 15) is 9.59 Å². The highest BCUT2D eigenvalue weighted by molar-refractivity contribution is 5.94. The summed E-state index contributed by atoms with van der Waals surface area (Å²) < 4.78 is 0. The first-order chi connectivity index (χ1) is 14.5. The molecule has 0 aliphatic carbocycles. The van der Waals surface area contributed by atoms with E-state index in [-0.39, 0.29) is 18.2 Å². The van der Waals surface area contributed by atoms with Gasteiger partial charge in [-0.25, -0.2) is 0 Å². The Balaban J connectivity index is 1.63. The highest BCUT2D eigenvalue weighted by atomic mass is 16.2. The van der Waals surface area contributed by atoms with Crippen molar-refractivity contribution in [3.63, 3.8) is 0 Å². The third-order valence-corrected chi connectivity index (χ3v) is 4.88. The van der Waals surface area contributed by atoms with Gasteiger partial charge in [-0.05, 0) is 35.4 Å². The van der Waals surface area contributed by atoms with Crippen LogP contribution in [0.25, 0.3) is 0 Å². The second-order valence-corrected chi connectivity index (χ2v) is 7.34. The molecule has 0 radical (unpaired) electrons. The zero-order valence-corrected chi connectivity index (χ0v) is 17.3. The molecule has 5 heteroatoms. The van der Waals surface area contributed by atoms with Crippen molar-refractivity contribution in [3.05, 3.63) is 102 Å². The second-order valence-electron chi connectivity index (χ2n) is 7.34. The predicted octanol–water partition coefficient (Wildman–Crippen LogP) is 3.93. The van der Waals surface area contributed by atoms with E-state index in [2.05, 4.69) is 10.6 Å². The van der Waals surface area contributed by atoms with Gasteiger partial charge in [0.25, 0.3) is 5.91 Å². The van der Waals surface area contributed by atoms with Crippen molar-refractivity contribution < 1.29 is 9.59 Å². The number of nitrogens with one attached hydrogen (secondary N) is 2. The van der Waals surface area contributed by atoms with Crippen molar-refractivity contribution in [1.82, 2.24) is 10.6 Å². The molecule has 2 N–H and O–H groups in total. The molecule has 154 valence electrons. The van der Waals surface area contributed by atoms with E-state index in [1.54, 1.807) is 12.1 Å². The maximum Gasteiger partial charge on any atom is 0.251 e. The highest BCUT2D eigenvalue weighted by Gasteiger charge is 2.19. The van der Waals surface area contributed by atoms with E-state index in [1.807, 2.05) is 91.8 Å². The molecule has 0 heterocycles. The summed E-state index contributed by atoms with van der Waals surface area (Å²) in [6.45, 7) is 0.445. The minimum Gasteiger partial charge on any atom is -0.378 e. The number of carbonyl (C=O) groups is 2. The molecular formula is C25H27N3O2. The molecule has 0 unspecified atom stereocenters. The smallest absolute Gasteiger partial charge is 0.251 e. The van der Waals surface area contributed by atoms with Gasteiger partial charge in [0, 0.05) is 31.9 Å². The monoisotopic (exact) mass is 401 g/mol. The van der Waals surface area contributed by atoms with Crippen molar-refractivity contribution in [2.45, 2.75) is 19.0 Å².